The Hall–Kier alpha value is -4.64. The maximum absolute atomic E-state index is 13.9. The lowest BCUT2D eigenvalue weighted by Gasteiger charge is -2.22. The molecule has 1 saturated carbocycles. The highest BCUT2D eigenvalue weighted by Gasteiger charge is 2.40. The lowest BCUT2D eigenvalue weighted by molar-refractivity contribution is 0.425. The Morgan fingerprint density at radius 2 is 1.92 bits per heavy atom. The van der Waals surface area contributed by atoms with Gasteiger partial charge in [0.25, 0.3) is 0 Å². The maximum Gasteiger partial charge on any atom is 0.213 e. The molecule has 1 aliphatic carbocycles. The molecule has 2 N–H and O–H groups in total. The number of anilines is 2. The largest absolute Gasteiger partial charge is 0.383 e. The summed E-state index contributed by atoms with van der Waals surface area (Å²) in [5.41, 5.74) is 3.77. The first-order valence-corrected chi connectivity index (χ1v) is 12.5. The van der Waals surface area contributed by atoms with Crippen molar-refractivity contribution < 1.29 is 8.78 Å². The number of nitriles is 2. The van der Waals surface area contributed by atoms with Crippen LogP contribution in [0.2, 0.25) is 0 Å². The van der Waals surface area contributed by atoms with Crippen molar-refractivity contribution in [2.24, 2.45) is 5.41 Å². The highest BCUT2D eigenvalue weighted by Crippen LogP contribution is 2.39. The first-order chi connectivity index (χ1) is 18.6. The van der Waals surface area contributed by atoms with E-state index in [0.29, 0.717) is 63.3 Å². The van der Waals surface area contributed by atoms with Crippen LogP contribution in [0.25, 0.3) is 10.9 Å². The molecule has 39 heavy (non-hydrogen) atoms. The van der Waals surface area contributed by atoms with Gasteiger partial charge >= 0.3 is 0 Å². The van der Waals surface area contributed by atoms with Gasteiger partial charge in [-0.3, -0.25) is 4.98 Å². The van der Waals surface area contributed by atoms with Crippen molar-refractivity contribution in [3.63, 3.8) is 0 Å². The molecule has 5 rings (SSSR count). The monoisotopic (exact) mass is 527 g/mol. The summed E-state index contributed by atoms with van der Waals surface area (Å²) in [6.07, 6.45) is 2.56. The van der Waals surface area contributed by atoms with Gasteiger partial charge in [0.2, 0.25) is 5.95 Å². The van der Waals surface area contributed by atoms with Crippen molar-refractivity contribution in [1.29, 1.82) is 10.5 Å². The lowest BCUT2D eigenvalue weighted by atomic mass is 9.96. The van der Waals surface area contributed by atoms with Gasteiger partial charge in [-0.2, -0.15) is 14.9 Å². The van der Waals surface area contributed by atoms with E-state index in [-0.39, 0.29) is 11.5 Å². The zero-order valence-corrected chi connectivity index (χ0v) is 22.0. The van der Waals surface area contributed by atoms with Crippen LogP contribution in [0.1, 0.15) is 67.4 Å². The van der Waals surface area contributed by atoms with Gasteiger partial charge in [-0.15, -0.1) is 5.10 Å². The summed E-state index contributed by atoms with van der Waals surface area (Å²) in [4.78, 5) is 8.37. The Bertz CT molecular complexity index is 1640. The molecule has 1 unspecified atom stereocenters. The van der Waals surface area contributed by atoms with Gasteiger partial charge in [-0.25, -0.2) is 14.1 Å². The zero-order valence-electron chi connectivity index (χ0n) is 22.0. The van der Waals surface area contributed by atoms with Crippen LogP contribution in [-0.4, -0.2) is 37.7 Å². The predicted octanol–water partition coefficient (Wildman–Crippen LogP) is 5.35. The third-order valence-corrected chi connectivity index (χ3v) is 6.57. The van der Waals surface area contributed by atoms with Gasteiger partial charge in [0.05, 0.1) is 40.6 Å². The van der Waals surface area contributed by atoms with Crippen LogP contribution in [0.4, 0.5) is 20.2 Å². The van der Waals surface area contributed by atoms with E-state index in [9.17, 15) is 19.3 Å². The van der Waals surface area contributed by atoms with Crippen molar-refractivity contribution in [2.45, 2.75) is 52.4 Å². The van der Waals surface area contributed by atoms with E-state index in [2.05, 4.69) is 63.8 Å². The van der Waals surface area contributed by atoms with Gasteiger partial charge in [-0.05, 0) is 30.5 Å². The topological polar surface area (TPSA) is 128 Å². The van der Waals surface area contributed by atoms with Crippen molar-refractivity contribution >= 4 is 22.3 Å². The highest BCUT2D eigenvalue weighted by atomic mass is 19.1. The lowest BCUT2D eigenvalue weighted by Crippen LogP contribution is -2.20. The van der Waals surface area contributed by atoms with Crippen molar-refractivity contribution in [3.05, 3.63) is 70.7 Å². The molecular formula is C28H27F2N9. The van der Waals surface area contributed by atoms with Crippen LogP contribution in [0.5, 0.6) is 0 Å². The van der Waals surface area contributed by atoms with Gasteiger partial charge in [0.1, 0.15) is 24.0 Å². The number of halogens is 2. The molecule has 0 saturated heterocycles. The van der Waals surface area contributed by atoms with E-state index >= 15 is 0 Å². The molecule has 1 aromatic carbocycles. The standard InChI is InChI=1S/C28H27F2N9/c1-15-19(5-6-24(30)35-15)27(22-13-39(38-37-22)23-9-21(23)29)36-18-7-16(10-31)25-20(8-18)26(17(11-32)12-33-25)34-14-28(2,3)4/h5-8,12-13,21,23,27,36H,9,14H2,1-4H3,(H,33,34)/t21-,23+,27?/m0/s1. The molecule has 198 valence electrons. The fourth-order valence-corrected chi connectivity index (χ4v) is 4.43. The van der Waals surface area contributed by atoms with Crippen LogP contribution >= 0.6 is 0 Å². The molecule has 0 aliphatic heterocycles. The fraction of sp³-hybridized carbons (Fsp3) is 0.357. The second kappa shape index (κ2) is 9.91. The molecule has 3 atom stereocenters. The summed E-state index contributed by atoms with van der Waals surface area (Å²) >= 11 is 0. The van der Waals surface area contributed by atoms with E-state index in [4.69, 9.17) is 0 Å². The highest BCUT2D eigenvalue weighted by molar-refractivity contribution is 5.99. The first-order valence-electron chi connectivity index (χ1n) is 12.5. The number of hydrogen-bond acceptors (Lipinski definition) is 8. The van der Waals surface area contributed by atoms with Crippen molar-refractivity contribution in [1.82, 2.24) is 25.0 Å². The SMILES string of the molecule is Cc1nc(F)ccc1C(Nc1cc(C#N)c2ncc(C#N)c(NCC(C)(C)C)c2c1)c1cn([C@@H]2C[C@@H]2F)nn1. The molecular weight excluding hydrogens is 500 g/mol. The Balaban J connectivity index is 1.62. The minimum Gasteiger partial charge on any atom is -0.383 e. The molecule has 3 aromatic heterocycles. The molecule has 1 fully saturated rings. The third kappa shape index (κ3) is 5.34. The van der Waals surface area contributed by atoms with Gasteiger partial charge in [0.15, 0.2) is 0 Å². The number of pyridine rings is 2. The van der Waals surface area contributed by atoms with Crippen molar-refractivity contribution in [2.75, 3.05) is 17.2 Å². The molecule has 0 bridgehead atoms. The summed E-state index contributed by atoms with van der Waals surface area (Å²) in [5, 5.41) is 35.5. The van der Waals surface area contributed by atoms with E-state index in [1.54, 1.807) is 25.3 Å². The first kappa shape index (κ1) is 26.0. The Kier molecular flexibility index (Phi) is 6.61. The molecule has 0 spiro atoms. The number of nitrogens with zero attached hydrogens (tertiary/aromatic N) is 7. The summed E-state index contributed by atoms with van der Waals surface area (Å²) in [6.45, 7) is 8.50. The van der Waals surface area contributed by atoms with Crippen LogP contribution < -0.4 is 10.6 Å². The fourth-order valence-electron chi connectivity index (χ4n) is 4.43. The summed E-state index contributed by atoms with van der Waals surface area (Å²) in [7, 11) is 0. The second-order valence-corrected chi connectivity index (χ2v) is 10.9. The van der Waals surface area contributed by atoms with Gasteiger partial charge < -0.3 is 10.6 Å². The van der Waals surface area contributed by atoms with Gasteiger partial charge in [0, 0.05) is 41.5 Å². The molecule has 0 amide bonds. The maximum atomic E-state index is 13.9. The molecule has 0 radical (unpaired) electrons. The normalized spacial score (nSPS) is 17.3. The number of hydrogen-bond donors (Lipinski definition) is 2. The molecule has 11 heteroatoms. The van der Waals surface area contributed by atoms with Gasteiger partial charge in [-0.1, -0.05) is 32.1 Å². The van der Waals surface area contributed by atoms with Crippen molar-refractivity contribution in [3.8, 4) is 12.1 Å². The Labute approximate surface area is 224 Å². The smallest absolute Gasteiger partial charge is 0.213 e. The minimum atomic E-state index is -0.959. The predicted molar refractivity (Wildman–Crippen MR) is 142 cm³/mol. The molecule has 4 aromatic rings. The Morgan fingerprint density at radius 1 is 1.18 bits per heavy atom. The van der Waals surface area contributed by atoms with Crippen LogP contribution in [0, 0.1) is 40.9 Å². The Morgan fingerprint density at radius 3 is 2.56 bits per heavy atom. The second-order valence-electron chi connectivity index (χ2n) is 10.9. The summed E-state index contributed by atoms with van der Waals surface area (Å²) < 4.78 is 29.1. The van der Waals surface area contributed by atoms with E-state index in [1.165, 1.54) is 16.9 Å². The van der Waals surface area contributed by atoms with E-state index in [0.717, 1.165) is 0 Å². The number of alkyl halides is 1. The number of benzene rings is 1. The third-order valence-electron chi connectivity index (χ3n) is 6.57. The minimum absolute atomic E-state index is 0.0690. The molecule has 1 aliphatic rings. The zero-order chi connectivity index (χ0) is 27.9. The number of nitrogens with one attached hydrogen (secondary N) is 2. The number of aryl methyl sites for hydroxylation is 1. The summed E-state index contributed by atoms with van der Waals surface area (Å²) in [6, 6.07) is 9.76. The van der Waals surface area contributed by atoms with E-state index in [1.807, 2.05) is 6.07 Å². The number of rotatable bonds is 7. The van der Waals surface area contributed by atoms with Crippen LogP contribution in [0.15, 0.2) is 36.7 Å². The molecule has 9 nitrogen and oxygen atoms in total. The number of fused-ring (bicyclic) bond motifs is 1. The van der Waals surface area contributed by atoms with Crippen LogP contribution in [-0.2, 0) is 0 Å². The van der Waals surface area contributed by atoms with Crippen LogP contribution in [0.3, 0.4) is 0 Å². The number of aromatic nitrogens is 5. The quantitative estimate of drug-likeness (QED) is 0.308. The average Bonchev–Trinajstić information content (AvgIpc) is 3.41. The van der Waals surface area contributed by atoms with E-state index < -0.39 is 18.2 Å². The summed E-state index contributed by atoms with van der Waals surface area (Å²) in [5.74, 6) is -0.612. The molecule has 3 heterocycles. The average molecular weight is 528 g/mol.